The molecule has 1 saturated heterocycles. The van der Waals surface area contributed by atoms with Crippen LogP contribution in [0.5, 0.6) is 0 Å². The van der Waals surface area contributed by atoms with Gasteiger partial charge in [0, 0.05) is 33.3 Å². The first-order chi connectivity index (χ1) is 9.06. The minimum Gasteiger partial charge on any atom is -0.375 e. The van der Waals surface area contributed by atoms with E-state index in [0.717, 1.165) is 37.8 Å². The molecule has 5 heteroatoms. The zero-order valence-electron chi connectivity index (χ0n) is 12.3. The van der Waals surface area contributed by atoms with Crippen molar-refractivity contribution in [3.8, 4) is 0 Å². The van der Waals surface area contributed by atoms with E-state index in [4.69, 9.17) is 4.74 Å². The summed E-state index contributed by atoms with van der Waals surface area (Å²) in [7, 11) is 3.99. The van der Waals surface area contributed by atoms with Gasteiger partial charge in [0.25, 0.3) is 0 Å². The van der Waals surface area contributed by atoms with E-state index in [1.165, 1.54) is 0 Å². The molecule has 5 nitrogen and oxygen atoms in total. The number of morpholine rings is 1. The van der Waals surface area contributed by atoms with Crippen molar-refractivity contribution in [3.05, 3.63) is 12.4 Å². The van der Waals surface area contributed by atoms with Gasteiger partial charge in [-0.05, 0) is 12.3 Å². The zero-order valence-corrected chi connectivity index (χ0v) is 12.3. The third-order valence-corrected chi connectivity index (χ3v) is 3.29. The Bertz CT molecular complexity index is 408. The molecule has 0 spiro atoms. The van der Waals surface area contributed by atoms with E-state index in [2.05, 4.69) is 28.7 Å². The van der Waals surface area contributed by atoms with Crippen molar-refractivity contribution in [2.24, 2.45) is 5.92 Å². The first-order valence-electron chi connectivity index (χ1n) is 6.92. The van der Waals surface area contributed by atoms with Crippen molar-refractivity contribution in [1.29, 1.82) is 0 Å². The number of ether oxygens (including phenoxy) is 1. The summed E-state index contributed by atoms with van der Waals surface area (Å²) in [6, 6.07) is 2.04. The first-order valence-corrected chi connectivity index (χ1v) is 6.92. The summed E-state index contributed by atoms with van der Waals surface area (Å²) in [6.45, 7) is 7.06. The SMILES string of the molecule is CC(C)C[C@H]1CN(c2cc(N(C)C)ncn2)CCO1. The van der Waals surface area contributed by atoms with Gasteiger partial charge in [-0.2, -0.15) is 0 Å². The van der Waals surface area contributed by atoms with E-state index < -0.39 is 0 Å². The molecule has 0 saturated carbocycles. The molecule has 0 aliphatic carbocycles. The lowest BCUT2D eigenvalue weighted by Gasteiger charge is -2.34. The standard InChI is InChI=1S/C14H24N4O/c1-11(2)7-12-9-18(5-6-19-12)14-8-13(17(3)4)15-10-16-14/h8,10-12H,5-7,9H2,1-4H3/t12-/m0/s1. The fourth-order valence-electron chi connectivity index (χ4n) is 2.35. The molecule has 0 radical (unpaired) electrons. The molecule has 1 aromatic rings. The molecule has 0 amide bonds. The van der Waals surface area contributed by atoms with E-state index in [0.29, 0.717) is 12.0 Å². The maximum absolute atomic E-state index is 5.82. The molecule has 106 valence electrons. The molecule has 2 rings (SSSR count). The lowest BCUT2D eigenvalue weighted by atomic mass is 10.0. The fourth-order valence-corrected chi connectivity index (χ4v) is 2.35. The van der Waals surface area contributed by atoms with Crippen molar-refractivity contribution in [1.82, 2.24) is 9.97 Å². The Morgan fingerprint density at radius 3 is 2.89 bits per heavy atom. The number of aromatic nitrogens is 2. The van der Waals surface area contributed by atoms with Crippen LogP contribution in [0.15, 0.2) is 12.4 Å². The predicted octanol–water partition coefficient (Wildman–Crippen LogP) is 1.79. The van der Waals surface area contributed by atoms with Crippen molar-refractivity contribution >= 4 is 11.6 Å². The summed E-state index contributed by atoms with van der Waals surface area (Å²) in [5.41, 5.74) is 0. The van der Waals surface area contributed by atoms with E-state index in [9.17, 15) is 0 Å². The van der Waals surface area contributed by atoms with Crippen LogP contribution >= 0.6 is 0 Å². The van der Waals surface area contributed by atoms with Gasteiger partial charge in [-0.1, -0.05) is 13.8 Å². The average Bonchev–Trinajstić information content (AvgIpc) is 2.38. The Morgan fingerprint density at radius 2 is 2.21 bits per heavy atom. The van der Waals surface area contributed by atoms with Crippen LogP contribution in [0.3, 0.4) is 0 Å². The van der Waals surface area contributed by atoms with Crippen LogP contribution in [-0.4, -0.2) is 49.9 Å². The first kappa shape index (κ1) is 14.1. The number of rotatable bonds is 4. The molecule has 1 aromatic heterocycles. The Kier molecular flexibility index (Phi) is 4.58. The molecule has 1 atom stereocenters. The van der Waals surface area contributed by atoms with Crippen molar-refractivity contribution in [2.75, 3.05) is 43.6 Å². The van der Waals surface area contributed by atoms with Gasteiger partial charge in [0.15, 0.2) is 0 Å². The summed E-state index contributed by atoms with van der Waals surface area (Å²) < 4.78 is 5.82. The highest BCUT2D eigenvalue weighted by molar-refractivity contribution is 5.49. The number of hydrogen-bond acceptors (Lipinski definition) is 5. The number of hydrogen-bond donors (Lipinski definition) is 0. The van der Waals surface area contributed by atoms with Gasteiger partial charge in [-0.3, -0.25) is 0 Å². The Labute approximate surface area is 115 Å². The van der Waals surface area contributed by atoms with Gasteiger partial charge >= 0.3 is 0 Å². The topological polar surface area (TPSA) is 41.5 Å². The minimum atomic E-state index is 0.312. The van der Waals surface area contributed by atoms with Crippen molar-refractivity contribution in [2.45, 2.75) is 26.4 Å². The van der Waals surface area contributed by atoms with Crippen molar-refractivity contribution in [3.63, 3.8) is 0 Å². The van der Waals surface area contributed by atoms with Gasteiger partial charge < -0.3 is 14.5 Å². The molecule has 1 fully saturated rings. The summed E-state index contributed by atoms with van der Waals surface area (Å²) in [5, 5.41) is 0. The molecular formula is C14H24N4O. The van der Waals surface area contributed by atoms with E-state index >= 15 is 0 Å². The summed E-state index contributed by atoms with van der Waals surface area (Å²) in [6.07, 6.45) is 3.05. The van der Waals surface area contributed by atoms with Crippen LogP contribution in [0.2, 0.25) is 0 Å². The normalized spacial score (nSPS) is 19.8. The minimum absolute atomic E-state index is 0.312. The highest BCUT2D eigenvalue weighted by Crippen LogP contribution is 2.20. The van der Waals surface area contributed by atoms with E-state index in [-0.39, 0.29) is 0 Å². The second-order valence-electron chi connectivity index (χ2n) is 5.70. The van der Waals surface area contributed by atoms with Crippen LogP contribution in [0.1, 0.15) is 20.3 Å². The maximum atomic E-state index is 5.82. The quantitative estimate of drug-likeness (QED) is 0.829. The smallest absolute Gasteiger partial charge is 0.134 e. The van der Waals surface area contributed by atoms with Gasteiger partial charge in [-0.15, -0.1) is 0 Å². The monoisotopic (exact) mass is 264 g/mol. The van der Waals surface area contributed by atoms with Gasteiger partial charge in [0.1, 0.15) is 18.0 Å². The second kappa shape index (κ2) is 6.19. The van der Waals surface area contributed by atoms with Crippen LogP contribution in [0, 0.1) is 5.92 Å². The van der Waals surface area contributed by atoms with Gasteiger partial charge in [0.05, 0.1) is 12.7 Å². The Balaban J connectivity index is 2.06. The van der Waals surface area contributed by atoms with Crippen LogP contribution in [0.25, 0.3) is 0 Å². The third-order valence-electron chi connectivity index (χ3n) is 3.29. The largest absolute Gasteiger partial charge is 0.375 e. The zero-order chi connectivity index (χ0) is 13.8. The highest BCUT2D eigenvalue weighted by atomic mass is 16.5. The number of nitrogens with zero attached hydrogens (tertiary/aromatic N) is 4. The lowest BCUT2D eigenvalue weighted by Crippen LogP contribution is -2.43. The second-order valence-corrected chi connectivity index (χ2v) is 5.70. The van der Waals surface area contributed by atoms with Gasteiger partial charge in [0.2, 0.25) is 0 Å². The Hall–Kier alpha value is -1.36. The van der Waals surface area contributed by atoms with E-state index in [1.54, 1.807) is 6.33 Å². The highest BCUT2D eigenvalue weighted by Gasteiger charge is 2.22. The lowest BCUT2D eigenvalue weighted by molar-refractivity contribution is 0.0273. The molecular weight excluding hydrogens is 240 g/mol. The summed E-state index contributed by atoms with van der Waals surface area (Å²) >= 11 is 0. The average molecular weight is 264 g/mol. The predicted molar refractivity (Wildman–Crippen MR) is 77.8 cm³/mol. The van der Waals surface area contributed by atoms with Gasteiger partial charge in [-0.25, -0.2) is 9.97 Å². The molecule has 0 unspecified atom stereocenters. The molecule has 1 aliphatic heterocycles. The van der Waals surface area contributed by atoms with Crippen LogP contribution in [0.4, 0.5) is 11.6 Å². The van der Waals surface area contributed by atoms with Crippen LogP contribution in [-0.2, 0) is 4.74 Å². The molecule has 0 N–H and O–H groups in total. The third kappa shape index (κ3) is 3.80. The molecule has 1 aliphatic rings. The summed E-state index contributed by atoms with van der Waals surface area (Å²) in [4.78, 5) is 12.9. The Morgan fingerprint density at radius 1 is 1.42 bits per heavy atom. The molecule has 19 heavy (non-hydrogen) atoms. The van der Waals surface area contributed by atoms with E-state index in [1.807, 2.05) is 25.1 Å². The molecule has 2 heterocycles. The number of anilines is 2. The molecule has 0 aromatic carbocycles. The fraction of sp³-hybridized carbons (Fsp3) is 0.714. The molecule has 0 bridgehead atoms. The maximum Gasteiger partial charge on any atom is 0.134 e. The van der Waals surface area contributed by atoms with Crippen molar-refractivity contribution < 1.29 is 4.74 Å². The van der Waals surface area contributed by atoms with Crippen LogP contribution < -0.4 is 9.80 Å². The summed E-state index contributed by atoms with van der Waals surface area (Å²) in [5.74, 6) is 2.60.